The molecule has 0 radical (unpaired) electrons. The van der Waals surface area contributed by atoms with Crippen LogP contribution in [0.1, 0.15) is 40.1 Å². The Balaban J connectivity index is 1.60. The van der Waals surface area contributed by atoms with Gasteiger partial charge in [-0.05, 0) is 35.9 Å². The number of carbonyl (C=O) groups excluding carboxylic acids is 4. The third-order valence-corrected chi connectivity index (χ3v) is 5.48. The van der Waals surface area contributed by atoms with Crippen LogP contribution in [0.2, 0.25) is 0 Å². The molecule has 1 heterocycles. The van der Waals surface area contributed by atoms with Gasteiger partial charge in [-0.25, -0.2) is 0 Å². The molecule has 34 heavy (non-hydrogen) atoms. The number of aromatic nitrogens is 3. The quantitative estimate of drug-likeness (QED) is 0.298. The molecule has 0 saturated carbocycles. The zero-order valence-corrected chi connectivity index (χ0v) is 19.5. The Morgan fingerprint density at radius 2 is 1.41 bits per heavy atom. The van der Waals surface area contributed by atoms with Crippen molar-refractivity contribution in [3.63, 3.8) is 0 Å². The predicted octanol–water partition coefficient (Wildman–Crippen LogP) is 2.10. The number of hydrazine groups is 1. The van der Waals surface area contributed by atoms with Gasteiger partial charge < -0.3 is 15.2 Å². The third kappa shape index (κ3) is 6.90. The molecule has 0 unspecified atom stereocenters. The molecule has 2 aromatic carbocycles. The van der Waals surface area contributed by atoms with Crippen LogP contribution in [0.15, 0.2) is 53.9 Å². The van der Waals surface area contributed by atoms with Crippen LogP contribution in [-0.4, -0.2) is 38.4 Å². The molecule has 12 heteroatoms. The Labute approximate surface area is 199 Å². The van der Waals surface area contributed by atoms with Crippen LogP contribution in [0, 0.1) is 0 Å². The van der Waals surface area contributed by atoms with E-state index in [9.17, 15) is 19.2 Å². The fourth-order valence-electron chi connectivity index (χ4n) is 2.87. The number of rotatable bonds is 7. The van der Waals surface area contributed by atoms with Gasteiger partial charge in [-0.3, -0.25) is 30.0 Å². The SMILES string of the molecule is CC(=O)Nc1cc(NC(C)=O)cc(C(=O)NNC(=O)c2ccc(CSc3nncn3C)cc2)c1. The van der Waals surface area contributed by atoms with Crippen molar-refractivity contribution < 1.29 is 19.2 Å². The van der Waals surface area contributed by atoms with Crippen molar-refractivity contribution in [1.82, 2.24) is 25.6 Å². The number of amides is 4. The topological polar surface area (TPSA) is 147 Å². The van der Waals surface area contributed by atoms with Gasteiger partial charge in [0.15, 0.2) is 5.16 Å². The van der Waals surface area contributed by atoms with Gasteiger partial charge >= 0.3 is 0 Å². The minimum Gasteiger partial charge on any atom is -0.326 e. The van der Waals surface area contributed by atoms with E-state index in [0.717, 1.165) is 10.7 Å². The standard InChI is InChI=1S/C22H23N7O4S/c1-13(30)24-18-8-17(9-19(10-18)25-14(2)31)21(33)27-26-20(32)16-6-4-15(5-7-16)11-34-22-28-23-12-29(22)3/h4-10,12H,11H2,1-3H3,(H,24,30)(H,25,31)(H,26,32)(H,27,33). The number of benzene rings is 2. The summed E-state index contributed by atoms with van der Waals surface area (Å²) < 4.78 is 1.82. The summed E-state index contributed by atoms with van der Waals surface area (Å²) in [5, 5.41) is 13.8. The van der Waals surface area contributed by atoms with Crippen LogP contribution in [-0.2, 0) is 22.4 Å². The van der Waals surface area contributed by atoms with Gasteiger partial charge in [0.05, 0.1) is 0 Å². The molecule has 1 aromatic heterocycles. The lowest BCUT2D eigenvalue weighted by Gasteiger charge is -2.12. The van der Waals surface area contributed by atoms with E-state index in [1.54, 1.807) is 18.5 Å². The molecule has 3 rings (SSSR count). The van der Waals surface area contributed by atoms with Gasteiger partial charge in [0.2, 0.25) is 11.8 Å². The van der Waals surface area contributed by atoms with Crippen molar-refractivity contribution in [3.8, 4) is 0 Å². The highest BCUT2D eigenvalue weighted by molar-refractivity contribution is 7.98. The van der Waals surface area contributed by atoms with Crippen LogP contribution in [0.4, 0.5) is 11.4 Å². The first kappa shape index (κ1) is 24.5. The van der Waals surface area contributed by atoms with Crippen LogP contribution in [0.5, 0.6) is 0 Å². The van der Waals surface area contributed by atoms with Crippen molar-refractivity contribution in [2.24, 2.45) is 7.05 Å². The minimum absolute atomic E-state index is 0.131. The smallest absolute Gasteiger partial charge is 0.269 e. The first-order chi connectivity index (χ1) is 16.2. The van der Waals surface area contributed by atoms with E-state index in [1.165, 1.54) is 43.8 Å². The summed E-state index contributed by atoms with van der Waals surface area (Å²) >= 11 is 1.52. The molecule has 0 aliphatic carbocycles. The number of nitrogens with one attached hydrogen (secondary N) is 4. The molecule has 3 aromatic rings. The molecule has 0 spiro atoms. The van der Waals surface area contributed by atoms with Crippen LogP contribution < -0.4 is 21.5 Å². The molecule has 0 aliphatic heterocycles. The predicted molar refractivity (Wildman–Crippen MR) is 127 cm³/mol. The number of thioether (sulfide) groups is 1. The van der Waals surface area contributed by atoms with E-state index in [-0.39, 0.29) is 17.4 Å². The number of aryl methyl sites for hydroxylation is 1. The van der Waals surface area contributed by atoms with E-state index in [2.05, 4.69) is 31.7 Å². The van der Waals surface area contributed by atoms with E-state index >= 15 is 0 Å². The molecule has 0 fully saturated rings. The summed E-state index contributed by atoms with van der Waals surface area (Å²) in [6.45, 7) is 2.65. The van der Waals surface area contributed by atoms with Crippen molar-refractivity contribution in [3.05, 3.63) is 65.5 Å². The Morgan fingerprint density at radius 1 is 0.853 bits per heavy atom. The molecular formula is C22H23N7O4S. The molecule has 0 atom stereocenters. The maximum absolute atomic E-state index is 12.6. The van der Waals surface area contributed by atoms with Crippen molar-refractivity contribution in [2.75, 3.05) is 10.6 Å². The fourth-order valence-corrected chi connectivity index (χ4v) is 3.71. The van der Waals surface area contributed by atoms with Crippen molar-refractivity contribution in [1.29, 1.82) is 0 Å². The van der Waals surface area contributed by atoms with Gasteiger partial charge in [-0.1, -0.05) is 23.9 Å². The molecule has 0 saturated heterocycles. The van der Waals surface area contributed by atoms with Crippen LogP contribution >= 0.6 is 11.8 Å². The van der Waals surface area contributed by atoms with Crippen LogP contribution in [0.3, 0.4) is 0 Å². The summed E-state index contributed by atoms with van der Waals surface area (Å²) in [5.41, 5.74) is 6.83. The minimum atomic E-state index is -0.621. The molecular weight excluding hydrogens is 458 g/mol. The Kier molecular flexibility index (Phi) is 7.98. The first-order valence-electron chi connectivity index (χ1n) is 10.1. The van der Waals surface area contributed by atoms with Gasteiger partial charge in [0, 0.05) is 49.1 Å². The van der Waals surface area contributed by atoms with E-state index < -0.39 is 11.8 Å². The second kappa shape index (κ2) is 11.1. The van der Waals surface area contributed by atoms with Gasteiger partial charge in [0.25, 0.3) is 11.8 Å². The molecule has 4 N–H and O–H groups in total. The van der Waals surface area contributed by atoms with Gasteiger partial charge in [0.1, 0.15) is 6.33 Å². The fraction of sp³-hybridized carbons (Fsp3) is 0.182. The number of hydrogen-bond acceptors (Lipinski definition) is 7. The highest BCUT2D eigenvalue weighted by Gasteiger charge is 2.13. The van der Waals surface area contributed by atoms with E-state index in [4.69, 9.17) is 0 Å². The number of nitrogens with zero attached hydrogens (tertiary/aromatic N) is 3. The first-order valence-corrected chi connectivity index (χ1v) is 11.1. The Morgan fingerprint density at radius 3 is 1.91 bits per heavy atom. The lowest BCUT2D eigenvalue weighted by atomic mass is 10.1. The van der Waals surface area contributed by atoms with Crippen LogP contribution in [0.25, 0.3) is 0 Å². The monoisotopic (exact) mass is 481 g/mol. The zero-order valence-electron chi connectivity index (χ0n) is 18.7. The maximum atomic E-state index is 12.6. The average molecular weight is 482 g/mol. The van der Waals surface area contributed by atoms with Crippen molar-refractivity contribution in [2.45, 2.75) is 24.8 Å². The van der Waals surface area contributed by atoms with E-state index in [1.807, 2.05) is 23.7 Å². The average Bonchev–Trinajstić information content (AvgIpc) is 3.19. The number of anilines is 2. The summed E-state index contributed by atoms with van der Waals surface area (Å²) in [7, 11) is 1.86. The second-order valence-electron chi connectivity index (χ2n) is 7.28. The molecule has 176 valence electrons. The Bertz CT molecular complexity index is 1190. The second-order valence-corrected chi connectivity index (χ2v) is 8.22. The van der Waals surface area contributed by atoms with Gasteiger partial charge in [-0.15, -0.1) is 10.2 Å². The molecule has 0 aliphatic rings. The highest BCUT2D eigenvalue weighted by Crippen LogP contribution is 2.21. The lowest BCUT2D eigenvalue weighted by molar-refractivity contribution is -0.115. The van der Waals surface area contributed by atoms with E-state index in [0.29, 0.717) is 22.7 Å². The summed E-state index contributed by atoms with van der Waals surface area (Å²) in [4.78, 5) is 47.8. The summed E-state index contributed by atoms with van der Waals surface area (Å²) in [5.74, 6) is -1.13. The molecule has 4 amide bonds. The largest absolute Gasteiger partial charge is 0.326 e. The van der Waals surface area contributed by atoms with Gasteiger partial charge in [-0.2, -0.15) is 0 Å². The number of hydrogen-bond donors (Lipinski definition) is 4. The normalized spacial score (nSPS) is 10.3. The zero-order chi connectivity index (χ0) is 24.7. The lowest BCUT2D eigenvalue weighted by Crippen LogP contribution is -2.41. The summed E-state index contributed by atoms with van der Waals surface area (Å²) in [6, 6.07) is 11.3. The van der Waals surface area contributed by atoms with Crippen molar-refractivity contribution >= 4 is 46.8 Å². The third-order valence-electron chi connectivity index (χ3n) is 4.38. The number of carbonyl (C=O) groups is 4. The molecule has 11 nitrogen and oxygen atoms in total. The Hall–Kier alpha value is -4.19. The maximum Gasteiger partial charge on any atom is 0.269 e. The molecule has 0 bridgehead atoms. The highest BCUT2D eigenvalue weighted by atomic mass is 32.2. The summed E-state index contributed by atoms with van der Waals surface area (Å²) in [6.07, 6.45) is 1.63.